The second-order valence-corrected chi connectivity index (χ2v) is 6.81. The van der Waals surface area contributed by atoms with Crippen LogP contribution in [0.3, 0.4) is 0 Å². The molecule has 0 N–H and O–H groups in total. The maximum atomic E-state index is 12.2. The van der Waals surface area contributed by atoms with E-state index in [-0.39, 0.29) is 5.78 Å². The molecular formula is C13H9BrCl2O. The van der Waals surface area contributed by atoms with Gasteiger partial charge >= 0.3 is 0 Å². The van der Waals surface area contributed by atoms with Crippen molar-refractivity contribution in [2.45, 2.75) is 10.2 Å². The van der Waals surface area contributed by atoms with Crippen LogP contribution in [0.2, 0.25) is 0 Å². The van der Waals surface area contributed by atoms with E-state index in [0.717, 1.165) is 0 Å². The Kier molecular flexibility index (Phi) is 3.76. The Balaban J connectivity index is 2.31. The molecule has 0 bridgehead atoms. The highest BCUT2D eigenvalue weighted by Crippen LogP contribution is 2.39. The Hall–Kier alpha value is -0.570. The molecule has 1 atom stereocenters. The van der Waals surface area contributed by atoms with Gasteiger partial charge in [0, 0.05) is 22.6 Å². The maximum Gasteiger partial charge on any atom is 0.189 e. The molecule has 0 fully saturated rings. The predicted molar refractivity (Wildman–Crippen MR) is 74.9 cm³/mol. The molecule has 1 aromatic carbocycles. The molecule has 0 aromatic heterocycles. The Morgan fingerprint density at radius 2 is 1.94 bits per heavy atom. The van der Waals surface area contributed by atoms with Crippen molar-refractivity contribution in [1.82, 2.24) is 0 Å². The van der Waals surface area contributed by atoms with Crippen LogP contribution >= 0.6 is 39.1 Å². The van der Waals surface area contributed by atoms with Gasteiger partial charge in [-0.3, -0.25) is 4.79 Å². The first-order valence-corrected chi connectivity index (χ1v) is 6.59. The van der Waals surface area contributed by atoms with Crippen molar-refractivity contribution >= 4 is 44.9 Å². The third kappa shape index (κ3) is 3.21. The van der Waals surface area contributed by atoms with E-state index >= 15 is 0 Å². The fourth-order valence-electron chi connectivity index (χ4n) is 1.69. The summed E-state index contributed by atoms with van der Waals surface area (Å²) in [7, 11) is 0. The van der Waals surface area contributed by atoms with Gasteiger partial charge in [0.1, 0.15) is 3.78 Å². The summed E-state index contributed by atoms with van der Waals surface area (Å²) in [6.45, 7) is 0. The summed E-state index contributed by atoms with van der Waals surface area (Å²) in [5.41, 5.74) is 1.25. The monoisotopic (exact) mass is 330 g/mol. The number of carbonyl (C=O) groups excluding carboxylic acids is 1. The van der Waals surface area contributed by atoms with Gasteiger partial charge < -0.3 is 0 Å². The van der Waals surface area contributed by atoms with Gasteiger partial charge in [-0.1, -0.05) is 57.9 Å². The molecule has 0 saturated carbocycles. The van der Waals surface area contributed by atoms with Crippen molar-refractivity contribution in [1.29, 1.82) is 0 Å². The summed E-state index contributed by atoms with van der Waals surface area (Å²) < 4.78 is -0.765. The Bertz CT molecular complexity index is 503. The van der Waals surface area contributed by atoms with Crippen LogP contribution in [0, 0.1) is 0 Å². The molecule has 2 rings (SSSR count). The minimum Gasteiger partial charge on any atom is -0.289 e. The Labute approximate surface area is 118 Å². The van der Waals surface area contributed by atoms with Crippen LogP contribution in [0.4, 0.5) is 0 Å². The third-order valence-corrected chi connectivity index (χ3v) is 3.39. The molecule has 0 amide bonds. The van der Waals surface area contributed by atoms with Crippen LogP contribution in [-0.2, 0) is 0 Å². The van der Waals surface area contributed by atoms with E-state index in [1.807, 2.05) is 18.2 Å². The topological polar surface area (TPSA) is 17.1 Å². The Morgan fingerprint density at radius 1 is 1.29 bits per heavy atom. The average molecular weight is 332 g/mol. The molecule has 1 aliphatic carbocycles. The van der Waals surface area contributed by atoms with E-state index in [4.69, 9.17) is 23.2 Å². The second kappa shape index (κ2) is 4.97. The van der Waals surface area contributed by atoms with Crippen molar-refractivity contribution in [3.63, 3.8) is 0 Å². The molecule has 1 aromatic rings. The second-order valence-electron chi connectivity index (χ2n) is 3.83. The molecule has 0 spiro atoms. The van der Waals surface area contributed by atoms with Gasteiger partial charge in [0.15, 0.2) is 5.78 Å². The molecule has 1 nitrogen and oxygen atoms in total. The number of benzene rings is 1. The number of ketones is 1. The summed E-state index contributed by atoms with van der Waals surface area (Å²) in [6.07, 6.45) is 3.76. The van der Waals surface area contributed by atoms with Crippen LogP contribution in [0.1, 0.15) is 16.8 Å². The van der Waals surface area contributed by atoms with Gasteiger partial charge in [0.25, 0.3) is 0 Å². The average Bonchev–Trinajstić information content (AvgIpc) is 2.26. The highest BCUT2D eigenvalue weighted by atomic mass is 79.9. The van der Waals surface area contributed by atoms with E-state index in [2.05, 4.69) is 15.9 Å². The molecule has 1 unspecified atom stereocenters. The summed E-state index contributed by atoms with van der Waals surface area (Å²) in [6, 6.07) is 9.08. The fraction of sp³-hybridized carbons (Fsp3) is 0.154. The van der Waals surface area contributed by atoms with E-state index in [9.17, 15) is 4.79 Å². The first kappa shape index (κ1) is 12.9. The largest absolute Gasteiger partial charge is 0.289 e. The lowest BCUT2D eigenvalue weighted by molar-refractivity contribution is 0.103. The number of Topliss-reactive ketones (excluding diaryl/α,β-unsaturated/α-hetero) is 1. The van der Waals surface area contributed by atoms with Crippen LogP contribution < -0.4 is 0 Å². The van der Waals surface area contributed by atoms with Crippen LogP contribution in [0.5, 0.6) is 0 Å². The summed E-state index contributed by atoms with van der Waals surface area (Å²) in [4.78, 5) is 12.2. The maximum absolute atomic E-state index is 12.2. The van der Waals surface area contributed by atoms with Gasteiger partial charge in [-0.05, 0) is 12.2 Å². The summed E-state index contributed by atoms with van der Waals surface area (Å²) in [5, 5.41) is 0.474. The highest BCUT2D eigenvalue weighted by molar-refractivity contribution is 9.10. The highest BCUT2D eigenvalue weighted by Gasteiger charge is 2.29. The van der Waals surface area contributed by atoms with E-state index in [1.54, 1.807) is 24.3 Å². The van der Waals surface area contributed by atoms with Crippen molar-refractivity contribution in [3.05, 3.63) is 58.7 Å². The van der Waals surface area contributed by atoms with Crippen LogP contribution in [0.15, 0.2) is 53.1 Å². The predicted octanol–water partition coefficient (Wildman–Crippen LogP) is 4.65. The van der Waals surface area contributed by atoms with Crippen LogP contribution in [-0.4, -0.2) is 9.57 Å². The molecular weight excluding hydrogens is 323 g/mol. The minimum atomic E-state index is -0.765. The van der Waals surface area contributed by atoms with E-state index in [1.165, 1.54) is 0 Å². The van der Waals surface area contributed by atoms with Crippen molar-refractivity contribution in [2.24, 2.45) is 0 Å². The lowest BCUT2D eigenvalue weighted by atomic mass is 9.96. The normalized spacial score (nSPS) is 23.9. The third-order valence-electron chi connectivity index (χ3n) is 2.41. The van der Waals surface area contributed by atoms with E-state index in [0.29, 0.717) is 22.6 Å². The van der Waals surface area contributed by atoms with Gasteiger partial charge in [-0.25, -0.2) is 0 Å². The molecule has 0 heterocycles. The molecule has 0 radical (unpaired) electrons. The van der Waals surface area contributed by atoms with Gasteiger partial charge in [0.2, 0.25) is 0 Å². The molecule has 0 aliphatic heterocycles. The first-order valence-electron chi connectivity index (χ1n) is 5.04. The standard InChI is InChI=1S/C13H9BrCl2O/c14-13(16)7-10(6-11(15)8-13)12(17)9-4-2-1-3-5-9/h1-6,8H,7H2. The Morgan fingerprint density at radius 3 is 2.53 bits per heavy atom. The molecule has 4 heteroatoms. The van der Waals surface area contributed by atoms with Gasteiger partial charge in [-0.15, -0.1) is 11.6 Å². The fourth-order valence-corrected chi connectivity index (χ4v) is 3.00. The zero-order valence-corrected chi connectivity index (χ0v) is 11.9. The van der Waals surface area contributed by atoms with Gasteiger partial charge in [-0.2, -0.15) is 0 Å². The number of hydrogen-bond donors (Lipinski definition) is 0. The minimum absolute atomic E-state index is 0.0404. The zero-order chi connectivity index (χ0) is 12.5. The van der Waals surface area contributed by atoms with Crippen molar-refractivity contribution in [3.8, 4) is 0 Å². The van der Waals surface area contributed by atoms with Crippen molar-refractivity contribution in [2.75, 3.05) is 0 Å². The molecule has 17 heavy (non-hydrogen) atoms. The lowest BCUT2D eigenvalue weighted by Gasteiger charge is -2.21. The molecule has 0 saturated heterocycles. The summed E-state index contributed by atoms with van der Waals surface area (Å²) >= 11 is 15.4. The number of allylic oxidation sites excluding steroid dienone is 4. The van der Waals surface area contributed by atoms with E-state index < -0.39 is 3.78 Å². The quantitative estimate of drug-likeness (QED) is 0.569. The number of alkyl halides is 2. The number of carbonyl (C=O) groups is 1. The summed E-state index contributed by atoms with van der Waals surface area (Å²) in [5.74, 6) is -0.0404. The number of hydrogen-bond acceptors (Lipinski definition) is 1. The SMILES string of the molecule is O=C(C1=CC(Cl)=CC(Cl)(Br)C1)c1ccccc1. The number of halogens is 3. The molecule has 88 valence electrons. The van der Waals surface area contributed by atoms with Gasteiger partial charge in [0.05, 0.1) is 0 Å². The van der Waals surface area contributed by atoms with Crippen molar-refractivity contribution < 1.29 is 4.79 Å². The molecule has 1 aliphatic rings. The number of rotatable bonds is 2. The smallest absolute Gasteiger partial charge is 0.189 e. The first-order chi connectivity index (χ1) is 7.98. The van der Waals surface area contributed by atoms with Crippen LogP contribution in [0.25, 0.3) is 0 Å². The zero-order valence-electron chi connectivity index (χ0n) is 8.79. The lowest BCUT2D eigenvalue weighted by Crippen LogP contribution is -2.18.